The van der Waals surface area contributed by atoms with Gasteiger partial charge in [-0.15, -0.1) is 0 Å². The topological polar surface area (TPSA) is 60.9 Å². The summed E-state index contributed by atoms with van der Waals surface area (Å²) < 4.78 is 0. The van der Waals surface area contributed by atoms with Gasteiger partial charge in [-0.2, -0.15) is 0 Å². The molecule has 1 amide bonds. The van der Waals surface area contributed by atoms with E-state index in [9.17, 15) is 9.59 Å². The first-order chi connectivity index (χ1) is 7.95. The Morgan fingerprint density at radius 3 is 2.41 bits per heavy atom. The van der Waals surface area contributed by atoms with Crippen LogP contribution in [0.15, 0.2) is 18.2 Å². The van der Waals surface area contributed by atoms with Crippen molar-refractivity contribution < 1.29 is 14.7 Å². The molecule has 0 unspecified atom stereocenters. The summed E-state index contributed by atoms with van der Waals surface area (Å²) in [4.78, 5) is 24.8. The highest BCUT2D eigenvalue weighted by Gasteiger charge is 2.11. The second-order valence-electron chi connectivity index (χ2n) is 4.00. The summed E-state index contributed by atoms with van der Waals surface area (Å²) in [5, 5.41) is 8.74. The Labute approximate surface area is 100 Å². The Morgan fingerprint density at radius 1 is 1.29 bits per heavy atom. The quantitative estimate of drug-likeness (QED) is 0.774. The third kappa shape index (κ3) is 3.21. The number of benzene rings is 1. The Hall–Kier alpha value is -2.04. The van der Waals surface area contributed by atoms with E-state index < -0.39 is 5.97 Å². The fraction of sp³-hybridized carbons (Fsp3) is 0.333. The molecule has 0 aliphatic carbocycles. The lowest BCUT2D eigenvalue weighted by atomic mass is 10.1. The molecule has 0 heterocycles. The monoisotopic (exact) mass is 236 g/mol. The molecule has 0 aromatic heterocycles. The second-order valence-corrected chi connectivity index (χ2v) is 4.00. The first kappa shape index (κ1) is 13.0. The molecule has 5 nitrogen and oxygen atoms in total. The number of anilines is 2. The molecule has 0 atom stereocenters. The molecule has 17 heavy (non-hydrogen) atoms. The van der Waals surface area contributed by atoms with Crippen molar-refractivity contribution in [3.05, 3.63) is 23.8 Å². The molecule has 1 aromatic carbocycles. The van der Waals surface area contributed by atoms with Crippen LogP contribution in [0.2, 0.25) is 0 Å². The maximum Gasteiger partial charge on any atom is 0.307 e. The lowest BCUT2D eigenvalue weighted by Gasteiger charge is -2.22. The van der Waals surface area contributed by atoms with Crippen molar-refractivity contribution in [1.82, 2.24) is 0 Å². The maximum absolute atomic E-state index is 10.8. The fourth-order valence-corrected chi connectivity index (χ4v) is 1.57. The van der Waals surface area contributed by atoms with Crippen molar-refractivity contribution in [3.8, 4) is 0 Å². The van der Waals surface area contributed by atoms with Crippen molar-refractivity contribution in [2.75, 3.05) is 30.9 Å². The molecule has 0 saturated carbocycles. The van der Waals surface area contributed by atoms with Gasteiger partial charge in [-0.05, 0) is 17.7 Å². The molecule has 1 aromatic rings. The molecular formula is C12H16N2O3. The minimum Gasteiger partial charge on any atom is -0.481 e. The molecule has 92 valence electrons. The number of hydrogen-bond donors (Lipinski definition) is 1. The van der Waals surface area contributed by atoms with Crippen LogP contribution in [0.3, 0.4) is 0 Å². The van der Waals surface area contributed by atoms with Crippen LogP contribution in [-0.4, -0.2) is 38.6 Å². The number of amides is 1. The largest absolute Gasteiger partial charge is 0.481 e. The SMILES string of the molecule is CN(C)c1ccc(CC(=O)O)cc1N(C)C=O. The summed E-state index contributed by atoms with van der Waals surface area (Å²) in [7, 11) is 5.38. The molecule has 0 bridgehead atoms. The lowest BCUT2D eigenvalue weighted by molar-refractivity contribution is -0.136. The first-order valence-electron chi connectivity index (χ1n) is 5.16. The van der Waals surface area contributed by atoms with Crippen LogP contribution >= 0.6 is 0 Å². The standard InChI is InChI=1S/C12H16N2O3/c1-13(2)10-5-4-9(7-12(16)17)6-11(10)14(3)8-15/h4-6,8H,7H2,1-3H3,(H,16,17). The summed E-state index contributed by atoms with van der Waals surface area (Å²) in [6.45, 7) is 0. The van der Waals surface area contributed by atoms with Crippen molar-refractivity contribution in [2.45, 2.75) is 6.42 Å². The van der Waals surface area contributed by atoms with Gasteiger partial charge in [0, 0.05) is 21.1 Å². The molecule has 1 N–H and O–H groups in total. The molecule has 0 spiro atoms. The predicted octanol–water partition coefficient (Wildman–Crippen LogP) is 0.972. The van der Waals surface area contributed by atoms with Gasteiger partial charge in [0.15, 0.2) is 0 Å². The number of rotatable bonds is 5. The molecular weight excluding hydrogens is 220 g/mol. The summed E-state index contributed by atoms with van der Waals surface area (Å²) in [6, 6.07) is 5.29. The van der Waals surface area contributed by atoms with Crippen LogP contribution in [0, 0.1) is 0 Å². The van der Waals surface area contributed by atoms with E-state index in [-0.39, 0.29) is 6.42 Å². The minimum atomic E-state index is -0.887. The number of carbonyl (C=O) groups excluding carboxylic acids is 1. The Bertz CT molecular complexity index is 430. The van der Waals surface area contributed by atoms with E-state index in [1.807, 2.05) is 25.1 Å². The summed E-state index contributed by atoms with van der Waals surface area (Å²) >= 11 is 0. The van der Waals surface area contributed by atoms with E-state index in [1.54, 1.807) is 19.2 Å². The number of carboxylic acids is 1. The smallest absolute Gasteiger partial charge is 0.307 e. The number of aliphatic carboxylic acids is 1. The van der Waals surface area contributed by atoms with Crippen LogP contribution < -0.4 is 9.80 Å². The zero-order valence-electron chi connectivity index (χ0n) is 10.2. The molecule has 0 radical (unpaired) electrons. The van der Waals surface area contributed by atoms with E-state index in [0.717, 1.165) is 5.69 Å². The van der Waals surface area contributed by atoms with Crippen molar-refractivity contribution in [1.29, 1.82) is 0 Å². The van der Waals surface area contributed by atoms with Gasteiger partial charge in [0.05, 0.1) is 17.8 Å². The van der Waals surface area contributed by atoms with Gasteiger partial charge in [0.25, 0.3) is 0 Å². The molecule has 0 saturated heterocycles. The lowest BCUT2D eigenvalue weighted by Crippen LogP contribution is -2.19. The van der Waals surface area contributed by atoms with Gasteiger partial charge in [0.2, 0.25) is 6.41 Å². The zero-order valence-corrected chi connectivity index (χ0v) is 10.2. The molecule has 1 rings (SSSR count). The van der Waals surface area contributed by atoms with Crippen molar-refractivity contribution in [2.24, 2.45) is 0 Å². The van der Waals surface area contributed by atoms with Gasteiger partial charge < -0.3 is 14.9 Å². The van der Waals surface area contributed by atoms with Crippen LogP contribution in [0.25, 0.3) is 0 Å². The van der Waals surface area contributed by atoms with E-state index in [4.69, 9.17) is 5.11 Å². The second kappa shape index (κ2) is 5.34. The fourth-order valence-electron chi connectivity index (χ4n) is 1.57. The molecule has 5 heteroatoms. The normalized spacial score (nSPS) is 9.82. The predicted molar refractivity (Wildman–Crippen MR) is 66.6 cm³/mol. The molecule has 0 fully saturated rings. The van der Waals surface area contributed by atoms with Crippen molar-refractivity contribution >= 4 is 23.8 Å². The van der Waals surface area contributed by atoms with Gasteiger partial charge in [-0.3, -0.25) is 9.59 Å². The number of carboxylic acid groups (broad SMARTS) is 1. The number of hydrogen-bond acceptors (Lipinski definition) is 3. The summed E-state index contributed by atoms with van der Waals surface area (Å²) in [6.07, 6.45) is 0.653. The minimum absolute atomic E-state index is 0.0482. The highest BCUT2D eigenvalue weighted by Crippen LogP contribution is 2.28. The van der Waals surface area contributed by atoms with Crippen molar-refractivity contribution in [3.63, 3.8) is 0 Å². The van der Waals surface area contributed by atoms with Crippen LogP contribution in [0.1, 0.15) is 5.56 Å². The average molecular weight is 236 g/mol. The van der Waals surface area contributed by atoms with Gasteiger partial charge in [0.1, 0.15) is 0 Å². The summed E-state index contributed by atoms with van der Waals surface area (Å²) in [5.74, 6) is -0.887. The van der Waals surface area contributed by atoms with E-state index in [2.05, 4.69) is 0 Å². The van der Waals surface area contributed by atoms with Crippen LogP contribution in [0.4, 0.5) is 11.4 Å². The Kier molecular flexibility index (Phi) is 4.09. The highest BCUT2D eigenvalue weighted by atomic mass is 16.4. The van der Waals surface area contributed by atoms with Gasteiger partial charge in [-0.25, -0.2) is 0 Å². The number of carbonyl (C=O) groups is 2. The van der Waals surface area contributed by atoms with E-state index >= 15 is 0 Å². The highest BCUT2D eigenvalue weighted by molar-refractivity contribution is 5.84. The van der Waals surface area contributed by atoms with E-state index in [1.165, 1.54) is 4.90 Å². The first-order valence-corrected chi connectivity index (χ1v) is 5.16. The van der Waals surface area contributed by atoms with Crippen LogP contribution in [-0.2, 0) is 16.0 Å². The Morgan fingerprint density at radius 2 is 1.94 bits per heavy atom. The summed E-state index contributed by atoms with van der Waals surface area (Å²) in [5.41, 5.74) is 2.24. The molecule has 0 aliphatic heterocycles. The zero-order chi connectivity index (χ0) is 13.0. The third-order valence-electron chi connectivity index (χ3n) is 2.42. The number of nitrogens with zero attached hydrogens (tertiary/aromatic N) is 2. The third-order valence-corrected chi connectivity index (χ3v) is 2.42. The van der Waals surface area contributed by atoms with E-state index in [0.29, 0.717) is 17.7 Å². The van der Waals surface area contributed by atoms with Crippen LogP contribution in [0.5, 0.6) is 0 Å². The Balaban J connectivity index is 3.18. The molecule has 0 aliphatic rings. The van der Waals surface area contributed by atoms with Gasteiger partial charge in [-0.1, -0.05) is 6.07 Å². The average Bonchev–Trinajstić information content (AvgIpc) is 2.26. The van der Waals surface area contributed by atoms with Gasteiger partial charge >= 0.3 is 5.97 Å². The maximum atomic E-state index is 10.8.